The third-order valence-electron chi connectivity index (χ3n) is 25.5. The molecule has 9 heterocycles. The second-order valence-electron chi connectivity index (χ2n) is 34.2. The average molecular weight is 1990 g/mol. The molecule has 0 bridgehead atoms. The molecule has 33 nitrogen and oxygen atoms in total. The quantitative estimate of drug-likeness (QED) is 0.0344. The van der Waals surface area contributed by atoms with Gasteiger partial charge in [-0.05, 0) is 285 Å². The number of urea groups is 3. The van der Waals surface area contributed by atoms with Crippen molar-refractivity contribution < 1.29 is 122 Å². The molecule has 0 radical (unpaired) electrons. The number of anilines is 3. The molecule has 6 saturated heterocycles. The van der Waals surface area contributed by atoms with E-state index < -0.39 is 112 Å². The third-order valence-corrected chi connectivity index (χ3v) is 31.7. The van der Waals surface area contributed by atoms with E-state index >= 15 is 0 Å². The Kier molecular flexibility index (Phi) is 26.1. The molecule has 0 aromatic heterocycles. The van der Waals surface area contributed by atoms with E-state index in [2.05, 4.69) is 83.6 Å². The highest BCUT2D eigenvalue weighted by Crippen LogP contribution is 2.51. The van der Waals surface area contributed by atoms with E-state index in [1.807, 2.05) is 52.0 Å². The number of sulfonamides is 3. The molecule has 18 rings (SSSR count). The fourth-order valence-electron chi connectivity index (χ4n) is 17.9. The van der Waals surface area contributed by atoms with Crippen LogP contribution in [0.1, 0.15) is 146 Å². The lowest BCUT2D eigenvalue weighted by Crippen LogP contribution is -2.50. The molecule has 46 heteroatoms. The number of piperidine rings is 3. The smallest absolute Gasteiger partial charge is 0.406 e. The summed E-state index contributed by atoms with van der Waals surface area (Å²) in [5.74, 6) is -2.59. The molecular weight excluding hydrogens is 1900 g/mol. The Morgan fingerprint density at radius 2 is 0.672 bits per heavy atom. The predicted octanol–water partition coefficient (Wildman–Crippen LogP) is 11.6. The lowest BCUT2D eigenvalue weighted by molar-refractivity contribution is -0.275. The maximum atomic E-state index is 13.3. The SMILES string of the molecule is C.C=CS(=O)(=O)N1CCC2(CC1)N=C(c1ccc(OC(F)(F)F)cc1)NC2=O.Cc1cc(N2C(=O)NC(=O)C23CC3)cc(C)c1/C=C/S(=O)(=O)N1CCC2(CC1)N=C(c1ccc(OC(F)(F)F)cc1)NC2=O.Cc1cc(N2C(=O)NC(=O)C23CC3)cc(C)c1Br.Cc1cc(N2C(=O)NC(=O)C23CC3)cc(C)c1CCS(=O)(=O)N1CCC2(CC1)N=C(c1ccc(OC(F)(F)F)cc1)NC2=O. The number of hydrogen-bond acceptors (Lipinski definition) is 21. The van der Waals surface area contributed by atoms with Crippen molar-refractivity contribution in [3.8, 4) is 17.2 Å². The van der Waals surface area contributed by atoms with Crippen LogP contribution in [0.15, 0.2) is 146 Å². The number of benzene rings is 6. The fraction of sp³-hybridized carbons (Fsp3) is 0.409. The van der Waals surface area contributed by atoms with Gasteiger partial charge in [0, 0.05) is 88.3 Å². The van der Waals surface area contributed by atoms with Gasteiger partial charge in [0.05, 0.1) is 5.75 Å². The Hall–Kier alpha value is -12.0. The maximum absolute atomic E-state index is 13.3. The van der Waals surface area contributed by atoms with E-state index in [9.17, 15) is 108 Å². The summed E-state index contributed by atoms with van der Waals surface area (Å²) in [6.07, 6.45) is -7.88. The van der Waals surface area contributed by atoms with Crippen LogP contribution in [-0.2, 0) is 65.3 Å². The van der Waals surface area contributed by atoms with Crippen molar-refractivity contribution in [3.63, 3.8) is 0 Å². The van der Waals surface area contributed by atoms with Crippen molar-refractivity contribution in [2.24, 2.45) is 15.0 Å². The van der Waals surface area contributed by atoms with Gasteiger partial charge in [-0.3, -0.25) is 74.4 Å². The molecule has 3 aliphatic carbocycles. The first-order chi connectivity index (χ1) is 62.2. The van der Waals surface area contributed by atoms with Gasteiger partial charge in [0.2, 0.25) is 30.1 Å². The number of carbonyl (C=O) groups excluding carboxylic acids is 9. The van der Waals surface area contributed by atoms with Crippen LogP contribution in [0.3, 0.4) is 0 Å². The summed E-state index contributed by atoms with van der Waals surface area (Å²) >= 11 is 3.51. The van der Waals surface area contributed by atoms with Gasteiger partial charge in [-0.2, -0.15) is 8.61 Å². The Bertz CT molecular complexity index is 6290. The summed E-state index contributed by atoms with van der Waals surface area (Å²) in [4.78, 5) is 130. The zero-order chi connectivity index (χ0) is 96.3. The summed E-state index contributed by atoms with van der Waals surface area (Å²) in [5.41, 5.74) is 4.25. The predicted molar refractivity (Wildman–Crippen MR) is 475 cm³/mol. The average Bonchev–Trinajstić information content (AvgIpc) is 1.56. The number of carbonyl (C=O) groups is 9. The van der Waals surface area contributed by atoms with Crippen LogP contribution in [0.5, 0.6) is 17.2 Å². The standard InChI is InChI=1S/C29H30F3N5O6S.C29H28F3N5O6S.C16H16F3N3O4S.C13H13BrN2O2.CH4/c2*1-17-15-20(37-26(40)34-25(39)28(37)8-9-28)16-18(2)22(17)7-14-44(41,42)36-12-10-27(11-13-36)24(38)33-23(35-27)19-3-5-21(6-4-19)43-29(30,31)32;1-2-27(24,25)22-9-7-15(8-10-22)14(23)20-13(21-15)11-3-5-12(6-4-11)26-16(17,18)19;1-7-5-9(6-8(2)10(7)14)16-12(18)15-11(17)13(16)3-4-13;/h3-6,15-16H,7-14H2,1-2H3,(H,33,35,38)(H,34,39,40);3-7,14-16H,8-13H2,1-2H3,(H,33,35,38)(H,34,39,40);2-6H,1,7-10H2,(H,20,21,23);5-6H,3-4H2,1-2H3,(H,15,17,18);1H4/b;14-7+;;;. The highest BCUT2D eigenvalue weighted by molar-refractivity contribution is 9.10. The Morgan fingerprint density at radius 3 is 0.955 bits per heavy atom. The van der Waals surface area contributed by atoms with E-state index in [1.165, 1.54) is 65.2 Å². The van der Waals surface area contributed by atoms with Crippen LogP contribution < -0.4 is 60.8 Å². The van der Waals surface area contributed by atoms with E-state index in [1.54, 1.807) is 30.9 Å². The second kappa shape index (κ2) is 35.7. The number of ether oxygens (including phenoxy) is 3. The van der Waals surface area contributed by atoms with Crippen molar-refractivity contribution in [3.05, 3.63) is 192 Å². The van der Waals surface area contributed by atoms with Crippen LogP contribution >= 0.6 is 15.9 Å². The van der Waals surface area contributed by atoms with Gasteiger partial charge in [-0.1, -0.05) is 29.9 Å². The number of nitrogens with zero attached hydrogens (tertiary/aromatic N) is 9. The highest BCUT2D eigenvalue weighted by atomic mass is 79.9. The summed E-state index contributed by atoms with van der Waals surface area (Å²) in [6.45, 7) is 15.0. The van der Waals surface area contributed by atoms with Gasteiger partial charge in [0.1, 0.15) is 68.0 Å². The minimum Gasteiger partial charge on any atom is -0.406 e. The first kappa shape index (κ1) is 98.0. The van der Waals surface area contributed by atoms with Crippen molar-refractivity contribution in [2.75, 3.05) is 59.7 Å². The highest BCUT2D eigenvalue weighted by Gasteiger charge is 2.65. The van der Waals surface area contributed by atoms with Gasteiger partial charge >= 0.3 is 37.2 Å². The summed E-state index contributed by atoms with van der Waals surface area (Å²) < 4.78 is 205. The molecule has 9 fully saturated rings. The molecule has 6 spiro atoms. The Balaban J connectivity index is 0.000000150. The van der Waals surface area contributed by atoms with Crippen LogP contribution in [-0.4, -0.2) is 207 Å². The number of aliphatic imine (C=N–C) groups is 3. The number of aryl methyl sites for hydroxylation is 6. The molecular formula is C88H91BrF9N15O18S3. The number of imide groups is 3. The Morgan fingerprint density at radius 1 is 0.396 bits per heavy atom. The lowest BCUT2D eigenvalue weighted by atomic mass is 9.89. The fourth-order valence-corrected chi connectivity index (χ4v) is 21.6. The molecule has 0 unspecified atom stereocenters. The largest absolute Gasteiger partial charge is 0.573 e. The van der Waals surface area contributed by atoms with Gasteiger partial charge < -0.3 is 30.2 Å². The number of amides is 12. The monoisotopic (exact) mass is 1990 g/mol. The van der Waals surface area contributed by atoms with E-state index in [-0.39, 0.29) is 156 Å². The molecule has 134 heavy (non-hydrogen) atoms. The first-order valence-electron chi connectivity index (χ1n) is 41.8. The number of hydrogen-bond donors (Lipinski definition) is 6. The number of nitrogens with one attached hydrogen (secondary N) is 6. The van der Waals surface area contributed by atoms with Gasteiger partial charge in [-0.25, -0.2) is 43.9 Å². The van der Waals surface area contributed by atoms with Crippen LogP contribution in [0.4, 0.5) is 71.0 Å². The number of alkyl halides is 9. The maximum Gasteiger partial charge on any atom is 0.573 e. The molecule has 6 aromatic carbocycles. The van der Waals surface area contributed by atoms with Gasteiger partial charge in [-0.15, -0.1) is 39.5 Å². The number of rotatable bonds is 18. The minimum atomic E-state index is -4.83. The topological polar surface area (TPSA) is 412 Å². The molecule has 3 saturated carbocycles. The van der Waals surface area contributed by atoms with Crippen molar-refractivity contribution in [1.82, 2.24) is 44.8 Å². The Labute approximate surface area is 771 Å². The molecule has 0 atom stereocenters. The van der Waals surface area contributed by atoms with Crippen molar-refractivity contribution in [1.29, 1.82) is 0 Å². The van der Waals surface area contributed by atoms with E-state index in [0.717, 1.165) is 109 Å². The molecule has 6 N–H and O–H groups in total. The normalized spacial score (nSPS) is 20.7. The van der Waals surface area contributed by atoms with Gasteiger partial charge in [0.15, 0.2) is 0 Å². The van der Waals surface area contributed by atoms with Crippen LogP contribution in [0.2, 0.25) is 0 Å². The zero-order valence-electron chi connectivity index (χ0n) is 71.9. The second-order valence-corrected chi connectivity index (χ2v) is 40.8. The molecule has 714 valence electrons. The van der Waals surface area contributed by atoms with E-state index in [0.29, 0.717) is 59.3 Å². The molecule has 9 aliphatic heterocycles. The van der Waals surface area contributed by atoms with Crippen LogP contribution in [0, 0.1) is 41.5 Å². The van der Waals surface area contributed by atoms with Crippen LogP contribution in [0.25, 0.3) is 6.08 Å². The molecule has 12 amide bonds. The summed E-state index contributed by atoms with van der Waals surface area (Å²) in [6, 6.07) is 24.7. The summed E-state index contributed by atoms with van der Waals surface area (Å²) in [5, 5.41) is 17.1. The zero-order valence-corrected chi connectivity index (χ0v) is 75.9. The molecule has 12 aliphatic rings. The van der Waals surface area contributed by atoms with Gasteiger partial charge in [0.25, 0.3) is 35.4 Å². The van der Waals surface area contributed by atoms with Crippen molar-refractivity contribution in [2.45, 2.75) is 185 Å². The third kappa shape index (κ3) is 19.7. The number of halogens is 10. The van der Waals surface area contributed by atoms with E-state index in [4.69, 9.17) is 0 Å². The van der Waals surface area contributed by atoms with Crippen molar-refractivity contribution >= 4 is 140 Å². The molecule has 6 aromatic rings. The first-order valence-corrected chi connectivity index (χ1v) is 47.2. The summed E-state index contributed by atoms with van der Waals surface area (Å²) in [7, 11) is -11.1. The lowest BCUT2D eigenvalue weighted by Gasteiger charge is -2.34. The number of amidine groups is 3. The minimum absolute atomic E-state index is 0.